The van der Waals surface area contributed by atoms with Crippen LogP contribution in [-0.4, -0.2) is 22.6 Å². The highest BCUT2D eigenvalue weighted by Gasteiger charge is 2.11. The summed E-state index contributed by atoms with van der Waals surface area (Å²) in [4.78, 5) is 22.4. The Morgan fingerprint density at radius 1 is 1.04 bits per heavy atom. The molecule has 0 amide bonds. The van der Waals surface area contributed by atoms with Crippen LogP contribution in [0.2, 0.25) is 0 Å². The molecule has 0 saturated carbocycles. The minimum atomic E-state index is -0.496. The number of allylic oxidation sites excluding steroid dienone is 1. The van der Waals surface area contributed by atoms with E-state index in [2.05, 4.69) is 15.9 Å². The summed E-state index contributed by atoms with van der Waals surface area (Å²) in [6.45, 7) is 0.460. The van der Waals surface area contributed by atoms with E-state index < -0.39 is 4.92 Å². The van der Waals surface area contributed by atoms with Crippen molar-refractivity contribution in [3.8, 4) is 5.75 Å². The highest BCUT2D eigenvalue weighted by molar-refractivity contribution is 9.09. The molecule has 0 heterocycles. The van der Waals surface area contributed by atoms with E-state index >= 15 is 0 Å². The van der Waals surface area contributed by atoms with Gasteiger partial charge in [0, 0.05) is 28.6 Å². The van der Waals surface area contributed by atoms with Crippen LogP contribution in [0.5, 0.6) is 5.75 Å². The first-order chi connectivity index (χ1) is 11.1. The second-order valence-electron chi connectivity index (χ2n) is 4.59. The molecule has 0 fully saturated rings. The summed E-state index contributed by atoms with van der Waals surface area (Å²) in [5.41, 5.74) is 0.869. The fourth-order valence-corrected chi connectivity index (χ4v) is 2.14. The zero-order valence-electron chi connectivity index (χ0n) is 12.1. The molecule has 0 aliphatic carbocycles. The maximum atomic E-state index is 12.3. The molecule has 2 rings (SSSR count). The molecule has 2 aromatic rings. The molecular weight excluding hydrogens is 362 g/mol. The smallest absolute Gasteiger partial charge is 0.269 e. The maximum absolute atomic E-state index is 12.3. The van der Waals surface area contributed by atoms with Gasteiger partial charge in [0.05, 0.1) is 4.92 Å². The summed E-state index contributed by atoms with van der Waals surface area (Å²) in [5, 5.41) is 11.4. The van der Waals surface area contributed by atoms with Crippen molar-refractivity contribution in [2.75, 3.05) is 11.9 Å². The number of hydrogen-bond acceptors (Lipinski definition) is 4. The number of benzene rings is 2. The molecule has 0 aromatic heterocycles. The van der Waals surface area contributed by atoms with Crippen molar-refractivity contribution in [3.63, 3.8) is 0 Å². The molecule has 0 spiro atoms. The van der Waals surface area contributed by atoms with Crippen LogP contribution in [-0.2, 0) is 0 Å². The second-order valence-corrected chi connectivity index (χ2v) is 5.24. The van der Waals surface area contributed by atoms with Gasteiger partial charge in [0.2, 0.25) is 0 Å². The number of nitro groups is 1. The first-order valence-electron chi connectivity index (χ1n) is 6.85. The molecule has 118 valence electrons. The maximum Gasteiger partial charge on any atom is 0.269 e. The number of nitrogens with zero attached hydrogens (tertiary/aromatic N) is 1. The van der Waals surface area contributed by atoms with Crippen LogP contribution in [0.3, 0.4) is 0 Å². The number of non-ortho nitro benzene ring substituents is 1. The van der Waals surface area contributed by atoms with Gasteiger partial charge in [-0.05, 0) is 36.4 Å². The van der Waals surface area contributed by atoms with E-state index in [0.29, 0.717) is 23.5 Å². The number of carbonyl (C=O) groups is 1. The van der Waals surface area contributed by atoms with E-state index in [4.69, 9.17) is 4.74 Å². The quantitative estimate of drug-likeness (QED) is 0.239. The highest BCUT2D eigenvalue weighted by atomic mass is 79.9. The normalized spacial score (nSPS) is 10.7. The van der Waals surface area contributed by atoms with Crippen LogP contribution in [0.4, 0.5) is 5.69 Å². The van der Waals surface area contributed by atoms with E-state index in [0.717, 1.165) is 5.33 Å². The Bertz CT molecular complexity index is 708. The van der Waals surface area contributed by atoms with Gasteiger partial charge in [0.15, 0.2) is 5.78 Å². The van der Waals surface area contributed by atoms with Crippen molar-refractivity contribution >= 4 is 27.4 Å². The van der Waals surface area contributed by atoms with Crippen LogP contribution >= 0.6 is 15.9 Å². The molecule has 0 saturated heterocycles. The fourth-order valence-electron chi connectivity index (χ4n) is 1.88. The summed E-state index contributed by atoms with van der Waals surface area (Å²) in [5.74, 6) is 0.482. The number of nitro benzene ring substituents is 1. The van der Waals surface area contributed by atoms with Crippen molar-refractivity contribution in [1.82, 2.24) is 0 Å². The third-order valence-corrected chi connectivity index (χ3v) is 3.43. The first kappa shape index (κ1) is 16.9. The van der Waals surface area contributed by atoms with Crippen LogP contribution in [0, 0.1) is 10.1 Å². The number of ether oxygens (including phenoxy) is 1. The van der Waals surface area contributed by atoms with E-state index in [-0.39, 0.29) is 11.5 Å². The van der Waals surface area contributed by atoms with Gasteiger partial charge in [-0.3, -0.25) is 14.9 Å². The van der Waals surface area contributed by atoms with Crippen LogP contribution in [0.1, 0.15) is 15.9 Å². The monoisotopic (exact) mass is 375 g/mol. The summed E-state index contributed by atoms with van der Waals surface area (Å²) in [6.07, 6.45) is 3.83. The van der Waals surface area contributed by atoms with Gasteiger partial charge in [0.25, 0.3) is 5.69 Å². The van der Waals surface area contributed by atoms with Gasteiger partial charge >= 0.3 is 0 Å². The van der Waals surface area contributed by atoms with E-state index in [9.17, 15) is 14.9 Å². The molecule has 6 heteroatoms. The van der Waals surface area contributed by atoms with E-state index in [1.54, 1.807) is 24.3 Å². The number of halogens is 1. The summed E-state index contributed by atoms with van der Waals surface area (Å²) >= 11 is 3.28. The minimum absolute atomic E-state index is 0.0400. The topological polar surface area (TPSA) is 69.4 Å². The average Bonchev–Trinajstić information content (AvgIpc) is 2.59. The summed E-state index contributed by atoms with van der Waals surface area (Å²) < 4.78 is 5.50. The van der Waals surface area contributed by atoms with Gasteiger partial charge in [-0.25, -0.2) is 0 Å². The molecule has 0 aliphatic heterocycles. The number of alkyl halides is 1. The van der Waals surface area contributed by atoms with Crippen LogP contribution in [0.25, 0.3) is 0 Å². The third-order valence-electron chi connectivity index (χ3n) is 3.06. The van der Waals surface area contributed by atoms with Crippen molar-refractivity contribution in [3.05, 3.63) is 81.9 Å². The molecule has 0 N–H and O–H groups in total. The Labute approximate surface area is 141 Å². The first-order valence-corrected chi connectivity index (χ1v) is 7.97. The predicted molar refractivity (Wildman–Crippen MR) is 91.4 cm³/mol. The Balaban J connectivity index is 2.04. The SMILES string of the molecule is O=C(c1ccc(OC/C=C/CBr)cc1)c1ccc([N+](=O)[O-])cc1. The molecule has 0 unspecified atom stereocenters. The van der Waals surface area contributed by atoms with Gasteiger partial charge < -0.3 is 4.74 Å². The molecular formula is C17H14BrNO4. The second kappa shape index (κ2) is 8.24. The number of ketones is 1. The van der Waals surface area contributed by atoms with Gasteiger partial charge in [-0.1, -0.05) is 28.1 Å². The van der Waals surface area contributed by atoms with Gasteiger partial charge in [-0.15, -0.1) is 0 Å². The molecule has 23 heavy (non-hydrogen) atoms. The average molecular weight is 376 g/mol. The third kappa shape index (κ3) is 4.75. The summed E-state index contributed by atoms with van der Waals surface area (Å²) in [6, 6.07) is 12.3. The Kier molecular flexibility index (Phi) is 6.05. The lowest BCUT2D eigenvalue weighted by Crippen LogP contribution is -2.02. The Morgan fingerprint density at radius 3 is 2.13 bits per heavy atom. The van der Waals surface area contributed by atoms with Gasteiger partial charge in [0.1, 0.15) is 12.4 Å². The van der Waals surface area contributed by atoms with E-state index in [1.165, 1.54) is 24.3 Å². The molecule has 0 atom stereocenters. The molecule has 2 aromatic carbocycles. The standard InChI is InChI=1S/C17H14BrNO4/c18-11-1-2-12-23-16-9-5-14(6-10-16)17(20)13-3-7-15(8-4-13)19(21)22/h1-10H,11-12H2/b2-1+. The molecule has 0 bridgehead atoms. The number of hydrogen-bond donors (Lipinski definition) is 0. The molecule has 0 aliphatic rings. The minimum Gasteiger partial charge on any atom is -0.490 e. The van der Waals surface area contributed by atoms with Crippen LogP contribution in [0.15, 0.2) is 60.7 Å². The highest BCUT2D eigenvalue weighted by Crippen LogP contribution is 2.18. The largest absolute Gasteiger partial charge is 0.490 e. The van der Waals surface area contributed by atoms with Crippen LogP contribution < -0.4 is 4.74 Å². The summed E-state index contributed by atoms with van der Waals surface area (Å²) in [7, 11) is 0. The number of rotatable bonds is 7. The lowest BCUT2D eigenvalue weighted by atomic mass is 10.0. The lowest BCUT2D eigenvalue weighted by Gasteiger charge is -2.05. The van der Waals surface area contributed by atoms with Crippen molar-refractivity contribution < 1.29 is 14.5 Å². The fraction of sp³-hybridized carbons (Fsp3) is 0.118. The van der Waals surface area contributed by atoms with Crippen molar-refractivity contribution in [1.29, 1.82) is 0 Å². The zero-order chi connectivity index (χ0) is 16.7. The van der Waals surface area contributed by atoms with E-state index in [1.807, 2.05) is 12.2 Å². The lowest BCUT2D eigenvalue weighted by molar-refractivity contribution is -0.384. The predicted octanol–water partition coefficient (Wildman–Crippen LogP) is 4.16. The number of carbonyl (C=O) groups excluding carboxylic acids is 1. The Morgan fingerprint density at radius 2 is 1.61 bits per heavy atom. The Hall–Kier alpha value is -2.47. The van der Waals surface area contributed by atoms with Gasteiger partial charge in [-0.2, -0.15) is 0 Å². The molecule has 0 radical (unpaired) electrons. The van der Waals surface area contributed by atoms with Crippen molar-refractivity contribution in [2.24, 2.45) is 0 Å². The molecule has 5 nitrogen and oxygen atoms in total. The zero-order valence-corrected chi connectivity index (χ0v) is 13.7. The van der Waals surface area contributed by atoms with Crippen molar-refractivity contribution in [2.45, 2.75) is 0 Å².